The van der Waals surface area contributed by atoms with E-state index in [2.05, 4.69) is 19.2 Å². The molecule has 3 unspecified atom stereocenters. The summed E-state index contributed by atoms with van der Waals surface area (Å²) < 4.78 is 0. The average Bonchev–Trinajstić information content (AvgIpc) is 2.14. The molecule has 3 atom stereocenters. The first-order chi connectivity index (χ1) is 6.49. The maximum atomic E-state index is 11.5. The predicted molar refractivity (Wildman–Crippen MR) is 57.9 cm³/mol. The van der Waals surface area contributed by atoms with E-state index in [1.54, 1.807) is 6.92 Å². The van der Waals surface area contributed by atoms with Crippen molar-refractivity contribution in [2.45, 2.75) is 46.6 Å². The van der Waals surface area contributed by atoms with Gasteiger partial charge < -0.3 is 10.4 Å². The van der Waals surface area contributed by atoms with Crippen LogP contribution in [0.5, 0.6) is 0 Å². The second-order valence-electron chi connectivity index (χ2n) is 4.10. The van der Waals surface area contributed by atoms with Crippen LogP contribution in [0.1, 0.15) is 40.5 Å². The van der Waals surface area contributed by atoms with E-state index < -0.39 is 0 Å². The molecule has 0 aliphatic heterocycles. The van der Waals surface area contributed by atoms with Gasteiger partial charge in [-0.25, -0.2) is 0 Å². The van der Waals surface area contributed by atoms with E-state index in [9.17, 15) is 4.79 Å². The molecule has 84 valence electrons. The lowest BCUT2D eigenvalue weighted by molar-refractivity contribution is -0.125. The third kappa shape index (κ3) is 5.22. The minimum absolute atomic E-state index is 0.0639. The molecule has 0 fully saturated rings. The second-order valence-corrected chi connectivity index (χ2v) is 4.10. The van der Waals surface area contributed by atoms with Gasteiger partial charge in [-0.15, -0.1) is 0 Å². The summed E-state index contributed by atoms with van der Waals surface area (Å²) in [5.41, 5.74) is 0. The molecular formula is C11H23NO2. The van der Waals surface area contributed by atoms with Crippen molar-refractivity contribution in [2.75, 3.05) is 6.54 Å². The van der Waals surface area contributed by atoms with Crippen molar-refractivity contribution in [3.63, 3.8) is 0 Å². The second kappa shape index (κ2) is 6.82. The fourth-order valence-electron chi connectivity index (χ4n) is 1.18. The van der Waals surface area contributed by atoms with E-state index in [4.69, 9.17) is 5.11 Å². The molecule has 0 radical (unpaired) electrons. The summed E-state index contributed by atoms with van der Waals surface area (Å²) in [5, 5.41) is 11.8. The summed E-state index contributed by atoms with van der Waals surface area (Å²) in [6, 6.07) is 0. The summed E-state index contributed by atoms with van der Waals surface area (Å²) >= 11 is 0. The van der Waals surface area contributed by atoms with Gasteiger partial charge in [0.05, 0.1) is 6.10 Å². The van der Waals surface area contributed by atoms with Crippen molar-refractivity contribution < 1.29 is 9.90 Å². The molecule has 3 nitrogen and oxygen atoms in total. The van der Waals surface area contributed by atoms with Crippen molar-refractivity contribution in [1.29, 1.82) is 0 Å². The average molecular weight is 201 g/mol. The largest absolute Gasteiger partial charge is 0.393 e. The zero-order valence-corrected chi connectivity index (χ0v) is 9.71. The molecule has 0 saturated heterocycles. The summed E-state index contributed by atoms with van der Waals surface area (Å²) in [7, 11) is 0. The van der Waals surface area contributed by atoms with Crippen LogP contribution in [0.2, 0.25) is 0 Å². The number of aliphatic hydroxyl groups excluding tert-OH is 1. The fraction of sp³-hybridized carbons (Fsp3) is 0.909. The first-order valence-corrected chi connectivity index (χ1v) is 5.44. The number of carbonyl (C=O) groups is 1. The van der Waals surface area contributed by atoms with Gasteiger partial charge in [0.2, 0.25) is 5.91 Å². The molecule has 0 saturated carbocycles. The minimum atomic E-state index is -0.339. The van der Waals surface area contributed by atoms with Crippen LogP contribution >= 0.6 is 0 Å². The van der Waals surface area contributed by atoms with Crippen LogP contribution in [0, 0.1) is 11.8 Å². The van der Waals surface area contributed by atoms with Crippen LogP contribution in [0.15, 0.2) is 0 Å². The Hall–Kier alpha value is -0.570. The van der Waals surface area contributed by atoms with E-state index in [0.29, 0.717) is 18.9 Å². The number of aliphatic hydroxyl groups is 1. The Morgan fingerprint density at radius 3 is 2.36 bits per heavy atom. The lowest BCUT2D eigenvalue weighted by atomic mass is 9.93. The zero-order valence-electron chi connectivity index (χ0n) is 9.71. The first-order valence-electron chi connectivity index (χ1n) is 5.44. The molecule has 0 aliphatic carbocycles. The monoisotopic (exact) mass is 201 g/mol. The maximum absolute atomic E-state index is 11.5. The smallest absolute Gasteiger partial charge is 0.223 e. The quantitative estimate of drug-likeness (QED) is 0.685. The van der Waals surface area contributed by atoms with Gasteiger partial charge in [0.15, 0.2) is 0 Å². The van der Waals surface area contributed by atoms with Gasteiger partial charge in [0.1, 0.15) is 0 Å². The van der Waals surface area contributed by atoms with Gasteiger partial charge in [0, 0.05) is 12.5 Å². The molecule has 0 bridgehead atoms. The number of rotatable bonds is 6. The number of nitrogens with one attached hydrogen (secondary N) is 1. The highest BCUT2D eigenvalue weighted by Gasteiger charge is 2.17. The summed E-state index contributed by atoms with van der Waals surface area (Å²) in [5.74, 6) is 0.579. The zero-order chi connectivity index (χ0) is 11.1. The molecule has 1 amide bonds. The lowest BCUT2D eigenvalue weighted by Gasteiger charge is -2.17. The fourth-order valence-corrected chi connectivity index (χ4v) is 1.18. The normalized spacial score (nSPS) is 17.2. The van der Waals surface area contributed by atoms with Gasteiger partial charge in [-0.1, -0.05) is 27.2 Å². The van der Waals surface area contributed by atoms with Crippen LogP contribution < -0.4 is 5.32 Å². The van der Waals surface area contributed by atoms with Crippen LogP contribution in [-0.2, 0) is 4.79 Å². The van der Waals surface area contributed by atoms with Crippen molar-refractivity contribution in [3.8, 4) is 0 Å². The Labute approximate surface area is 86.9 Å². The number of carbonyl (C=O) groups excluding carboxylic acids is 1. The van der Waals surface area contributed by atoms with Gasteiger partial charge in [-0.05, 0) is 19.3 Å². The highest BCUT2D eigenvalue weighted by Crippen LogP contribution is 2.14. The van der Waals surface area contributed by atoms with E-state index >= 15 is 0 Å². The first kappa shape index (κ1) is 13.4. The molecule has 14 heavy (non-hydrogen) atoms. The molecular weight excluding hydrogens is 178 g/mol. The third-order valence-corrected chi connectivity index (χ3v) is 2.77. The van der Waals surface area contributed by atoms with Crippen LogP contribution in [-0.4, -0.2) is 23.7 Å². The lowest BCUT2D eigenvalue weighted by Crippen LogP contribution is -2.34. The molecule has 0 aromatic rings. The van der Waals surface area contributed by atoms with Crippen LogP contribution in [0.4, 0.5) is 0 Å². The Morgan fingerprint density at radius 2 is 1.93 bits per heavy atom. The van der Waals surface area contributed by atoms with E-state index in [1.165, 1.54) is 0 Å². The minimum Gasteiger partial charge on any atom is -0.393 e. The van der Waals surface area contributed by atoms with Crippen molar-refractivity contribution in [2.24, 2.45) is 11.8 Å². The number of hydrogen-bond donors (Lipinski definition) is 2. The van der Waals surface area contributed by atoms with Crippen LogP contribution in [0.25, 0.3) is 0 Å². The third-order valence-electron chi connectivity index (χ3n) is 2.77. The van der Waals surface area contributed by atoms with E-state index in [0.717, 1.165) is 6.42 Å². The van der Waals surface area contributed by atoms with E-state index in [-0.39, 0.29) is 17.9 Å². The number of amides is 1. The maximum Gasteiger partial charge on any atom is 0.223 e. The molecule has 3 heteroatoms. The standard InChI is InChI=1S/C11H23NO2/c1-5-8(2)10(4)11(14)12-7-6-9(3)13/h8-10,13H,5-7H2,1-4H3,(H,12,14). The molecule has 0 aliphatic rings. The van der Waals surface area contributed by atoms with Gasteiger partial charge in [0.25, 0.3) is 0 Å². The van der Waals surface area contributed by atoms with Crippen molar-refractivity contribution in [3.05, 3.63) is 0 Å². The van der Waals surface area contributed by atoms with E-state index in [1.807, 2.05) is 6.92 Å². The highest BCUT2D eigenvalue weighted by atomic mass is 16.3. The summed E-state index contributed by atoms with van der Waals surface area (Å²) in [6.45, 7) is 8.41. The molecule has 0 aromatic heterocycles. The molecule has 0 aromatic carbocycles. The van der Waals surface area contributed by atoms with Crippen molar-refractivity contribution in [1.82, 2.24) is 5.32 Å². The molecule has 0 rings (SSSR count). The Morgan fingerprint density at radius 1 is 1.36 bits per heavy atom. The SMILES string of the molecule is CCC(C)C(C)C(=O)NCCC(C)O. The Kier molecular flexibility index (Phi) is 6.54. The van der Waals surface area contributed by atoms with Gasteiger partial charge >= 0.3 is 0 Å². The highest BCUT2D eigenvalue weighted by molar-refractivity contribution is 5.78. The Balaban J connectivity index is 3.73. The summed E-state index contributed by atoms with van der Waals surface area (Å²) in [4.78, 5) is 11.5. The Bertz CT molecular complexity index is 169. The topological polar surface area (TPSA) is 49.3 Å². The summed E-state index contributed by atoms with van der Waals surface area (Å²) in [6.07, 6.45) is 1.30. The predicted octanol–water partition coefficient (Wildman–Crippen LogP) is 1.56. The molecule has 0 spiro atoms. The molecule has 2 N–H and O–H groups in total. The van der Waals surface area contributed by atoms with Gasteiger partial charge in [-0.3, -0.25) is 4.79 Å². The van der Waals surface area contributed by atoms with Crippen molar-refractivity contribution >= 4 is 5.91 Å². The number of hydrogen-bond acceptors (Lipinski definition) is 2. The molecule has 0 heterocycles. The van der Waals surface area contributed by atoms with Gasteiger partial charge in [-0.2, -0.15) is 0 Å². The van der Waals surface area contributed by atoms with Crippen LogP contribution in [0.3, 0.4) is 0 Å².